The van der Waals surface area contributed by atoms with Crippen molar-refractivity contribution in [3.63, 3.8) is 0 Å². The summed E-state index contributed by atoms with van der Waals surface area (Å²) in [6.07, 6.45) is 3.05. The van der Waals surface area contributed by atoms with E-state index in [0.29, 0.717) is 10.2 Å². The normalized spacial score (nSPS) is 15.8. The summed E-state index contributed by atoms with van der Waals surface area (Å²) in [6.45, 7) is 8.12. The fourth-order valence-corrected chi connectivity index (χ4v) is 3.85. The smallest absolute Gasteiger partial charge is 0.287 e. The molecule has 1 aliphatic rings. The second-order valence-corrected chi connectivity index (χ2v) is 8.10. The van der Waals surface area contributed by atoms with E-state index in [0.717, 1.165) is 24.8 Å². The summed E-state index contributed by atoms with van der Waals surface area (Å²) < 4.78 is 0. The molecule has 2 N–H and O–H groups in total. The Balaban J connectivity index is 1.96. The number of thiophene rings is 1. The third-order valence-electron chi connectivity index (χ3n) is 4.44. The van der Waals surface area contributed by atoms with Gasteiger partial charge in [0.15, 0.2) is 0 Å². The van der Waals surface area contributed by atoms with E-state index >= 15 is 0 Å². The van der Waals surface area contributed by atoms with Gasteiger partial charge in [-0.3, -0.25) is 9.59 Å². The highest BCUT2D eigenvalue weighted by molar-refractivity contribution is 7.18. The molecule has 0 unspecified atom stereocenters. The van der Waals surface area contributed by atoms with Gasteiger partial charge in [-0.25, -0.2) is 4.98 Å². The van der Waals surface area contributed by atoms with Crippen LogP contribution in [0.3, 0.4) is 0 Å². The molecule has 0 bridgehead atoms. The number of hydrogen-bond donors (Lipinski definition) is 2. The van der Waals surface area contributed by atoms with Crippen LogP contribution in [0.4, 0.5) is 0 Å². The fourth-order valence-electron chi connectivity index (χ4n) is 2.59. The Morgan fingerprint density at radius 2 is 2.09 bits per heavy atom. The van der Waals surface area contributed by atoms with Gasteiger partial charge in [0.2, 0.25) is 5.82 Å². The zero-order valence-electron chi connectivity index (χ0n) is 13.4. The number of carbonyl (C=O) groups is 1. The van der Waals surface area contributed by atoms with Crippen LogP contribution < -0.4 is 10.9 Å². The predicted molar refractivity (Wildman–Crippen MR) is 88.6 cm³/mol. The molecular weight excluding hydrogens is 298 g/mol. The number of aromatic amines is 1. The summed E-state index contributed by atoms with van der Waals surface area (Å²) in [5, 5.41) is 3.59. The SMILES string of the molecule is C[C@@H](NC(=O)c1nc2sc3c(c2c(=O)[nH]1)CCC3)C(C)(C)C. The first kappa shape index (κ1) is 15.2. The number of hydrogen-bond acceptors (Lipinski definition) is 4. The molecule has 5 nitrogen and oxygen atoms in total. The van der Waals surface area contributed by atoms with Crippen molar-refractivity contribution >= 4 is 27.5 Å². The number of rotatable bonds is 2. The third kappa shape index (κ3) is 2.56. The molecule has 2 heterocycles. The summed E-state index contributed by atoms with van der Waals surface area (Å²) in [7, 11) is 0. The largest absolute Gasteiger partial charge is 0.346 e. The zero-order valence-corrected chi connectivity index (χ0v) is 14.2. The topological polar surface area (TPSA) is 74.8 Å². The van der Waals surface area contributed by atoms with Gasteiger partial charge in [0.1, 0.15) is 4.83 Å². The van der Waals surface area contributed by atoms with Gasteiger partial charge in [-0.2, -0.15) is 0 Å². The molecule has 22 heavy (non-hydrogen) atoms. The number of fused-ring (bicyclic) bond motifs is 3. The Morgan fingerprint density at radius 3 is 2.77 bits per heavy atom. The molecule has 0 saturated heterocycles. The van der Waals surface area contributed by atoms with Gasteiger partial charge in [0.05, 0.1) is 5.39 Å². The highest BCUT2D eigenvalue weighted by Gasteiger charge is 2.25. The molecule has 6 heteroatoms. The lowest BCUT2D eigenvalue weighted by Gasteiger charge is -2.27. The minimum atomic E-state index is -0.324. The minimum Gasteiger partial charge on any atom is -0.346 e. The molecule has 0 spiro atoms. The summed E-state index contributed by atoms with van der Waals surface area (Å²) in [4.78, 5) is 33.6. The summed E-state index contributed by atoms with van der Waals surface area (Å²) >= 11 is 1.55. The van der Waals surface area contributed by atoms with E-state index in [2.05, 4.69) is 36.1 Å². The summed E-state index contributed by atoms with van der Waals surface area (Å²) in [5.74, 6) is -0.219. The minimum absolute atomic E-state index is 0.0191. The monoisotopic (exact) mass is 319 g/mol. The molecule has 1 aliphatic carbocycles. The number of nitrogens with zero attached hydrogens (tertiary/aromatic N) is 1. The van der Waals surface area contributed by atoms with Crippen LogP contribution in [0.5, 0.6) is 0 Å². The first-order chi connectivity index (χ1) is 10.3. The Hall–Kier alpha value is -1.69. The van der Waals surface area contributed by atoms with Crippen molar-refractivity contribution in [1.29, 1.82) is 0 Å². The van der Waals surface area contributed by atoms with Crippen LogP contribution in [0.2, 0.25) is 0 Å². The Morgan fingerprint density at radius 1 is 1.36 bits per heavy atom. The van der Waals surface area contributed by atoms with Crippen LogP contribution in [0, 0.1) is 5.41 Å². The number of H-pyrrole nitrogens is 1. The van der Waals surface area contributed by atoms with E-state index in [1.807, 2.05) is 6.92 Å². The molecule has 1 atom stereocenters. The molecule has 0 aliphatic heterocycles. The maximum atomic E-state index is 12.3. The third-order valence-corrected chi connectivity index (χ3v) is 5.62. The Labute approximate surface area is 133 Å². The van der Waals surface area contributed by atoms with Gasteiger partial charge in [-0.15, -0.1) is 11.3 Å². The van der Waals surface area contributed by atoms with E-state index in [1.165, 1.54) is 4.88 Å². The first-order valence-electron chi connectivity index (χ1n) is 7.63. The average Bonchev–Trinajstić information content (AvgIpc) is 2.96. The molecule has 0 radical (unpaired) electrons. The van der Waals surface area contributed by atoms with Crippen molar-refractivity contribution in [3.05, 3.63) is 26.6 Å². The molecule has 0 saturated carbocycles. The van der Waals surface area contributed by atoms with Crippen LogP contribution in [0.1, 0.15) is 55.2 Å². The van der Waals surface area contributed by atoms with Gasteiger partial charge in [-0.05, 0) is 37.2 Å². The quantitative estimate of drug-likeness (QED) is 0.893. The molecule has 2 aromatic rings. The Bertz CT molecular complexity index is 798. The van der Waals surface area contributed by atoms with E-state index in [-0.39, 0.29) is 28.7 Å². The number of nitrogens with one attached hydrogen (secondary N) is 2. The van der Waals surface area contributed by atoms with Gasteiger partial charge >= 0.3 is 0 Å². The zero-order chi connectivity index (χ0) is 16.1. The van der Waals surface area contributed by atoms with Gasteiger partial charge < -0.3 is 10.3 Å². The summed E-state index contributed by atoms with van der Waals surface area (Å²) in [5.41, 5.74) is 0.881. The summed E-state index contributed by atoms with van der Waals surface area (Å²) in [6, 6.07) is -0.0191. The molecule has 118 valence electrons. The van der Waals surface area contributed by atoms with Crippen LogP contribution in [-0.2, 0) is 12.8 Å². The van der Waals surface area contributed by atoms with Crippen molar-refractivity contribution in [3.8, 4) is 0 Å². The van der Waals surface area contributed by atoms with Crippen molar-refractivity contribution in [2.75, 3.05) is 0 Å². The second kappa shape index (κ2) is 5.19. The highest BCUT2D eigenvalue weighted by atomic mass is 32.1. The van der Waals surface area contributed by atoms with Crippen molar-refractivity contribution < 1.29 is 4.79 Å². The van der Waals surface area contributed by atoms with Crippen LogP contribution in [0.25, 0.3) is 10.2 Å². The first-order valence-corrected chi connectivity index (χ1v) is 8.44. The fraction of sp³-hybridized carbons (Fsp3) is 0.562. The van der Waals surface area contributed by atoms with E-state index in [9.17, 15) is 9.59 Å². The average molecular weight is 319 g/mol. The van der Waals surface area contributed by atoms with Crippen LogP contribution in [0.15, 0.2) is 4.79 Å². The van der Waals surface area contributed by atoms with Crippen molar-refractivity contribution in [2.45, 2.75) is 53.0 Å². The lowest BCUT2D eigenvalue weighted by Crippen LogP contribution is -2.42. The number of amides is 1. The molecule has 2 aromatic heterocycles. The van der Waals surface area contributed by atoms with E-state index in [4.69, 9.17) is 0 Å². The van der Waals surface area contributed by atoms with Crippen LogP contribution in [-0.4, -0.2) is 21.9 Å². The molecular formula is C16H21N3O2S. The lowest BCUT2D eigenvalue weighted by atomic mass is 9.88. The molecule has 0 fully saturated rings. The van der Waals surface area contributed by atoms with Gasteiger partial charge in [0.25, 0.3) is 11.5 Å². The lowest BCUT2D eigenvalue weighted by molar-refractivity contribution is 0.0899. The molecule has 1 amide bonds. The number of carbonyl (C=O) groups excluding carboxylic acids is 1. The van der Waals surface area contributed by atoms with Crippen molar-refractivity contribution in [2.24, 2.45) is 5.41 Å². The standard InChI is InChI=1S/C16H21N3O2S/c1-8(16(2,3)4)17-14(21)12-18-13(20)11-9-6-5-7-10(9)22-15(11)19-12/h8H,5-7H2,1-4H3,(H,17,21)(H,18,19,20)/t8-/m1/s1. The van der Waals surface area contributed by atoms with E-state index in [1.54, 1.807) is 11.3 Å². The van der Waals surface area contributed by atoms with Crippen molar-refractivity contribution in [1.82, 2.24) is 15.3 Å². The number of aryl methyl sites for hydroxylation is 2. The number of aromatic nitrogens is 2. The highest BCUT2D eigenvalue weighted by Crippen LogP contribution is 2.34. The maximum absolute atomic E-state index is 12.3. The van der Waals surface area contributed by atoms with Gasteiger partial charge in [-0.1, -0.05) is 20.8 Å². The van der Waals surface area contributed by atoms with Gasteiger partial charge in [0, 0.05) is 10.9 Å². The molecule has 3 rings (SSSR count). The molecule has 0 aromatic carbocycles. The maximum Gasteiger partial charge on any atom is 0.287 e. The van der Waals surface area contributed by atoms with Crippen LogP contribution >= 0.6 is 11.3 Å². The predicted octanol–water partition coefficient (Wildman–Crippen LogP) is 2.64. The Kier molecular flexibility index (Phi) is 3.59. The second-order valence-electron chi connectivity index (χ2n) is 7.01. The van der Waals surface area contributed by atoms with E-state index < -0.39 is 0 Å².